The highest BCUT2D eigenvalue weighted by Gasteiger charge is 2.26. The lowest BCUT2D eigenvalue weighted by atomic mass is 10.2. The minimum Gasteiger partial charge on any atom is -0.457 e. The van der Waals surface area contributed by atoms with E-state index in [4.69, 9.17) is 10.1 Å². The summed E-state index contributed by atoms with van der Waals surface area (Å²) in [6, 6.07) is 24.2. The highest BCUT2D eigenvalue weighted by atomic mass is 16.5. The number of fused-ring (bicyclic) bond motifs is 1. The van der Waals surface area contributed by atoms with Gasteiger partial charge in [-0.25, -0.2) is 9.36 Å². The van der Waals surface area contributed by atoms with Crippen LogP contribution in [-0.4, -0.2) is 39.9 Å². The molecule has 2 heterocycles. The molecular weight excluding hydrogens is 516 g/mol. The smallest absolute Gasteiger partial charge is 0.339 e. The van der Waals surface area contributed by atoms with Gasteiger partial charge in [-0.1, -0.05) is 36.3 Å². The van der Waals surface area contributed by atoms with Crippen LogP contribution in [0.15, 0.2) is 95.8 Å². The van der Waals surface area contributed by atoms with Crippen molar-refractivity contribution in [3.8, 4) is 34.7 Å². The van der Waals surface area contributed by atoms with E-state index in [0.717, 1.165) is 0 Å². The van der Waals surface area contributed by atoms with Gasteiger partial charge in [0.25, 0.3) is 0 Å². The molecule has 1 fully saturated rings. The first-order chi connectivity index (χ1) is 20.1. The molecule has 9 heteroatoms. The maximum Gasteiger partial charge on any atom is 0.339 e. The van der Waals surface area contributed by atoms with Crippen molar-refractivity contribution in [3.05, 3.63) is 107 Å². The Hall–Kier alpha value is -5.33. The van der Waals surface area contributed by atoms with E-state index in [9.17, 15) is 9.59 Å². The maximum absolute atomic E-state index is 14.0. The second-order valence-electron chi connectivity index (χ2n) is 9.71. The van der Waals surface area contributed by atoms with E-state index in [1.165, 1.54) is 28.1 Å². The topological polar surface area (TPSA) is 113 Å². The van der Waals surface area contributed by atoms with Gasteiger partial charge in [0, 0.05) is 24.4 Å². The normalized spacial score (nSPS) is 14.0. The molecule has 1 aliphatic carbocycles. The molecule has 1 aromatic heterocycles. The third kappa shape index (κ3) is 5.83. The number of imidazole rings is 1. The molecule has 0 bridgehead atoms. The number of para-hydroxylation sites is 1. The van der Waals surface area contributed by atoms with Gasteiger partial charge in [0.15, 0.2) is 0 Å². The van der Waals surface area contributed by atoms with E-state index in [-0.39, 0.29) is 23.9 Å². The third-order valence-corrected chi connectivity index (χ3v) is 6.67. The minimum atomic E-state index is -0.373. The monoisotopic (exact) mass is 544 g/mol. The molecule has 0 saturated heterocycles. The molecule has 41 heavy (non-hydrogen) atoms. The molecule has 0 radical (unpaired) electrons. The van der Waals surface area contributed by atoms with E-state index < -0.39 is 0 Å². The molecule has 2 aliphatic rings. The second-order valence-corrected chi connectivity index (χ2v) is 9.71. The quantitative estimate of drug-likeness (QED) is 0.184. The highest BCUT2D eigenvalue weighted by Crippen LogP contribution is 2.27. The van der Waals surface area contributed by atoms with Gasteiger partial charge in [0.1, 0.15) is 28.7 Å². The number of ether oxygens (including phenoxy) is 1. The molecule has 0 atom stereocenters. The Kier molecular flexibility index (Phi) is 7.22. The Morgan fingerprint density at radius 3 is 2.56 bits per heavy atom. The SMILES string of the molecule is N=C1C#CCNc2c1n(-c1ccc(Oc3ccccc3)cc1)c(=O)n2-c1cccc(NC(=O)/C=C/CNC2CC2)c1. The fraction of sp³-hybridized carbons (Fsp3) is 0.156. The minimum absolute atomic E-state index is 0.0277. The second kappa shape index (κ2) is 11.4. The van der Waals surface area contributed by atoms with Crippen molar-refractivity contribution >= 4 is 23.1 Å². The van der Waals surface area contributed by atoms with E-state index >= 15 is 0 Å². The zero-order valence-corrected chi connectivity index (χ0v) is 22.2. The van der Waals surface area contributed by atoms with Crippen LogP contribution < -0.4 is 26.4 Å². The van der Waals surface area contributed by atoms with Crippen LogP contribution in [-0.2, 0) is 4.79 Å². The van der Waals surface area contributed by atoms with Gasteiger partial charge in [-0.2, -0.15) is 0 Å². The van der Waals surface area contributed by atoms with E-state index in [0.29, 0.717) is 52.7 Å². The first-order valence-corrected chi connectivity index (χ1v) is 13.4. The summed E-state index contributed by atoms with van der Waals surface area (Å²) in [4.78, 5) is 26.4. The van der Waals surface area contributed by atoms with Crippen molar-refractivity contribution in [3.63, 3.8) is 0 Å². The predicted molar refractivity (Wildman–Crippen MR) is 160 cm³/mol. The number of anilines is 2. The molecule has 9 nitrogen and oxygen atoms in total. The van der Waals surface area contributed by atoms with Crippen molar-refractivity contribution < 1.29 is 9.53 Å². The van der Waals surface area contributed by atoms with Crippen LogP contribution in [0.4, 0.5) is 11.5 Å². The summed E-state index contributed by atoms with van der Waals surface area (Å²) in [7, 11) is 0. The van der Waals surface area contributed by atoms with Crippen molar-refractivity contribution in [2.24, 2.45) is 0 Å². The summed E-state index contributed by atoms with van der Waals surface area (Å²) >= 11 is 0. The first-order valence-electron chi connectivity index (χ1n) is 13.4. The summed E-state index contributed by atoms with van der Waals surface area (Å²) in [5.41, 5.74) is 1.66. The molecule has 6 rings (SSSR count). The number of hydrogen-bond acceptors (Lipinski definition) is 6. The Morgan fingerprint density at radius 1 is 1.00 bits per heavy atom. The average Bonchev–Trinajstić information content (AvgIpc) is 3.78. The van der Waals surface area contributed by atoms with Crippen molar-refractivity contribution in [1.29, 1.82) is 5.41 Å². The van der Waals surface area contributed by atoms with Crippen LogP contribution in [0.25, 0.3) is 11.4 Å². The number of carbonyl (C=O) groups is 1. The fourth-order valence-corrected chi connectivity index (χ4v) is 4.58. The zero-order valence-electron chi connectivity index (χ0n) is 22.2. The highest BCUT2D eigenvalue weighted by molar-refractivity contribution is 6.13. The number of rotatable bonds is 9. The van der Waals surface area contributed by atoms with Crippen molar-refractivity contribution in [2.75, 3.05) is 23.7 Å². The number of aromatic nitrogens is 2. The molecular formula is C32H28N6O3. The first kappa shape index (κ1) is 25.9. The van der Waals surface area contributed by atoms with E-state index in [2.05, 4.69) is 27.8 Å². The lowest BCUT2D eigenvalue weighted by Crippen LogP contribution is -2.24. The molecule has 0 unspecified atom stereocenters. The number of hydrogen-bond donors (Lipinski definition) is 4. The fourth-order valence-electron chi connectivity index (χ4n) is 4.58. The van der Waals surface area contributed by atoms with Gasteiger partial charge in [0.2, 0.25) is 5.91 Å². The molecule has 4 N–H and O–H groups in total. The Labute approximate surface area is 237 Å². The molecule has 1 saturated carbocycles. The number of nitrogens with zero attached hydrogens (tertiary/aromatic N) is 2. The van der Waals surface area contributed by atoms with Crippen LogP contribution in [0, 0.1) is 17.3 Å². The Bertz CT molecular complexity index is 1750. The van der Waals surface area contributed by atoms with Crippen LogP contribution in [0.3, 0.4) is 0 Å². The summed E-state index contributed by atoms with van der Waals surface area (Å²) in [6.45, 7) is 0.922. The lowest BCUT2D eigenvalue weighted by molar-refractivity contribution is -0.111. The van der Waals surface area contributed by atoms with Crippen LogP contribution >= 0.6 is 0 Å². The number of carbonyl (C=O) groups excluding carboxylic acids is 1. The van der Waals surface area contributed by atoms with Crippen LogP contribution in [0.2, 0.25) is 0 Å². The predicted octanol–water partition coefficient (Wildman–Crippen LogP) is 4.46. The summed E-state index contributed by atoms with van der Waals surface area (Å²) in [5.74, 6) is 7.24. The van der Waals surface area contributed by atoms with Crippen molar-refractivity contribution in [2.45, 2.75) is 18.9 Å². The van der Waals surface area contributed by atoms with Gasteiger partial charge in [0.05, 0.1) is 17.9 Å². The Balaban J connectivity index is 1.31. The maximum atomic E-state index is 14.0. The summed E-state index contributed by atoms with van der Waals surface area (Å²) in [6.07, 6.45) is 5.67. The standard InChI is InChI=1S/C32H28N6O3/c33-28-11-5-20-35-31-30(28)37(24-15-17-27(18-16-24)41-26-9-2-1-3-10-26)32(40)38(31)25-8-4-7-23(21-25)36-29(39)12-6-19-34-22-13-14-22/h1-4,6-10,12,15-18,21-22,33-35H,13-14,19-20H2,(H,36,39)/b12-6+,33-28?. The van der Waals surface area contributed by atoms with Gasteiger partial charge in [-0.3, -0.25) is 14.8 Å². The Morgan fingerprint density at radius 2 is 1.78 bits per heavy atom. The summed E-state index contributed by atoms with van der Waals surface area (Å²) in [5, 5.41) is 18.0. The van der Waals surface area contributed by atoms with E-state index in [1.807, 2.05) is 30.3 Å². The largest absolute Gasteiger partial charge is 0.457 e. The molecule has 4 aromatic rings. The molecule has 1 aliphatic heterocycles. The van der Waals surface area contributed by atoms with Gasteiger partial charge >= 0.3 is 5.69 Å². The van der Waals surface area contributed by atoms with E-state index in [1.54, 1.807) is 54.6 Å². The zero-order chi connectivity index (χ0) is 28.2. The van der Waals surface area contributed by atoms with Crippen LogP contribution in [0.1, 0.15) is 18.5 Å². The summed E-state index contributed by atoms with van der Waals surface area (Å²) < 4.78 is 8.87. The van der Waals surface area contributed by atoms with Crippen molar-refractivity contribution in [1.82, 2.24) is 14.5 Å². The van der Waals surface area contributed by atoms with Crippen LogP contribution in [0.5, 0.6) is 11.5 Å². The van der Waals surface area contributed by atoms with Gasteiger partial charge in [-0.15, -0.1) is 0 Å². The third-order valence-electron chi connectivity index (χ3n) is 6.67. The molecule has 1 amide bonds. The van der Waals surface area contributed by atoms with Gasteiger partial charge in [-0.05, 0) is 73.4 Å². The van der Waals surface area contributed by atoms with Gasteiger partial charge < -0.3 is 20.7 Å². The molecule has 204 valence electrons. The number of nitrogens with one attached hydrogen (secondary N) is 4. The average molecular weight is 545 g/mol. The molecule has 0 spiro atoms. The number of amides is 1. The lowest BCUT2D eigenvalue weighted by Gasteiger charge is -2.10. The molecule has 3 aromatic carbocycles. The number of benzene rings is 3.